The number of ether oxygens (including phenoxy) is 1. The molecule has 4 aromatic rings. The molecule has 0 aliphatic rings. The maximum absolute atomic E-state index is 13.0. The highest BCUT2D eigenvalue weighted by molar-refractivity contribution is 7.46. The van der Waals surface area contributed by atoms with Crippen LogP contribution in [0.3, 0.4) is 0 Å². The summed E-state index contributed by atoms with van der Waals surface area (Å²) in [6.07, 6.45) is -4.17. The fourth-order valence-electron chi connectivity index (χ4n) is 3.77. The molecule has 0 amide bonds. The molecule has 3 aromatic carbocycles. The molecule has 0 bridgehead atoms. The molecule has 5 N–H and O–H groups in total. The van der Waals surface area contributed by atoms with Gasteiger partial charge >= 0.3 is 14.0 Å². The number of alkyl halides is 3. The second-order valence-corrected chi connectivity index (χ2v) is 10.1. The Morgan fingerprint density at radius 2 is 1.61 bits per heavy atom. The van der Waals surface area contributed by atoms with Crippen molar-refractivity contribution in [2.24, 2.45) is 5.73 Å². The van der Waals surface area contributed by atoms with Crippen molar-refractivity contribution in [3.8, 4) is 11.5 Å². The summed E-state index contributed by atoms with van der Waals surface area (Å²) in [7, 11) is -4.77. The van der Waals surface area contributed by atoms with Gasteiger partial charge in [0.1, 0.15) is 22.7 Å². The first kappa shape index (κ1) is 27.8. The Morgan fingerprint density at radius 3 is 2.26 bits per heavy atom. The van der Waals surface area contributed by atoms with Crippen molar-refractivity contribution >= 4 is 29.8 Å². The Bertz CT molecular complexity index is 1580. The number of nitrogens with two attached hydrogens (primary N) is 1. The first-order chi connectivity index (χ1) is 17.8. The highest BCUT2D eigenvalue weighted by Gasteiger charge is 2.31. The number of halogens is 3. The third-order valence-electron chi connectivity index (χ3n) is 5.85. The van der Waals surface area contributed by atoms with Crippen LogP contribution in [0.1, 0.15) is 17.5 Å². The van der Waals surface area contributed by atoms with Crippen molar-refractivity contribution in [2.75, 3.05) is 13.2 Å². The van der Waals surface area contributed by atoms with Gasteiger partial charge in [-0.3, -0.25) is 9.32 Å². The van der Waals surface area contributed by atoms with Crippen molar-refractivity contribution < 1.29 is 46.3 Å². The fraction of sp³-hybridized carbons (Fsp3) is 0.240. The van der Waals surface area contributed by atoms with E-state index in [1.807, 2.05) is 0 Å². The normalized spacial score (nSPS) is 14.1. The summed E-state index contributed by atoms with van der Waals surface area (Å²) in [4.78, 5) is 30.8. The van der Waals surface area contributed by atoms with Gasteiger partial charge in [0.15, 0.2) is 0 Å². The second-order valence-electron chi connectivity index (χ2n) is 8.83. The van der Waals surface area contributed by atoms with Crippen molar-refractivity contribution in [3.05, 3.63) is 82.0 Å². The number of benzene rings is 3. The molecule has 202 valence electrons. The molecule has 0 saturated carbocycles. The molecule has 1 unspecified atom stereocenters. The zero-order chi connectivity index (χ0) is 27.7. The average molecular weight is 553 g/mol. The van der Waals surface area contributed by atoms with Crippen LogP contribution in [0.15, 0.2) is 69.9 Å². The number of phosphoric acid groups is 1. The second kappa shape index (κ2) is 10.5. The lowest BCUT2D eigenvalue weighted by Gasteiger charge is -2.27. The van der Waals surface area contributed by atoms with Crippen molar-refractivity contribution in [1.82, 2.24) is 0 Å². The summed E-state index contributed by atoms with van der Waals surface area (Å²) in [6.45, 7) is -1.16. The number of aliphatic hydroxyl groups excluding tert-OH is 1. The molecule has 0 aliphatic carbocycles. The zero-order valence-corrected chi connectivity index (χ0v) is 20.5. The van der Waals surface area contributed by atoms with Crippen LogP contribution in [0.4, 0.5) is 13.2 Å². The van der Waals surface area contributed by atoms with Crippen molar-refractivity contribution in [2.45, 2.75) is 24.6 Å². The van der Waals surface area contributed by atoms with E-state index in [9.17, 15) is 27.6 Å². The van der Waals surface area contributed by atoms with Gasteiger partial charge < -0.3 is 29.8 Å². The molecular formula is C25H23F3NO8P. The molecule has 1 atom stereocenters. The quantitative estimate of drug-likeness (QED) is 0.174. The summed E-state index contributed by atoms with van der Waals surface area (Å²) >= 11 is 0. The van der Waals surface area contributed by atoms with Crippen LogP contribution in [0.5, 0.6) is 11.5 Å². The predicted molar refractivity (Wildman–Crippen MR) is 132 cm³/mol. The van der Waals surface area contributed by atoms with Crippen molar-refractivity contribution in [3.63, 3.8) is 0 Å². The number of fused-ring (bicyclic) bond motifs is 2. The summed E-state index contributed by atoms with van der Waals surface area (Å²) in [5, 5.41) is 10.1. The lowest BCUT2D eigenvalue weighted by molar-refractivity contribution is -0.137. The third-order valence-corrected chi connectivity index (χ3v) is 6.32. The van der Waals surface area contributed by atoms with Gasteiger partial charge in [0.05, 0.1) is 35.1 Å². The monoisotopic (exact) mass is 553 g/mol. The Morgan fingerprint density at radius 1 is 0.947 bits per heavy atom. The van der Waals surface area contributed by atoms with Gasteiger partial charge in [0.25, 0.3) is 0 Å². The number of phosphoric ester groups is 1. The molecule has 13 heteroatoms. The standard InChI is InChI=1S/C25H23F3NO8P/c26-25(27,28)16-2-1-3-17(11-16)36-18-5-7-20-22(12-18)37-21-10-15(4-6-19(21)23(20)31)8-9-24(29,13-30)14-35-38(32,33)34/h1-7,10-12,30H,8-9,13-14,29H2,(H2,32,33,34). The molecule has 38 heavy (non-hydrogen) atoms. The maximum atomic E-state index is 13.0. The van der Waals surface area contributed by atoms with Crippen LogP contribution < -0.4 is 15.9 Å². The van der Waals surface area contributed by atoms with Gasteiger partial charge in [-0.15, -0.1) is 0 Å². The van der Waals surface area contributed by atoms with E-state index >= 15 is 0 Å². The van der Waals surface area contributed by atoms with E-state index in [1.165, 1.54) is 30.3 Å². The van der Waals surface area contributed by atoms with Crippen LogP contribution in [0.25, 0.3) is 21.9 Å². The number of rotatable bonds is 9. The van der Waals surface area contributed by atoms with Crippen LogP contribution in [-0.4, -0.2) is 33.6 Å². The Labute approximate surface area is 213 Å². The van der Waals surface area contributed by atoms with E-state index in [4.69, 9.17) is 24.7 Å². The fourth-order valence-corrected chi connectivity index (χ4v) is 4.20. The lowest BCUT2D eigenvalue weighted by Crippen LogP contribution is -2.48. The molecule has 0 fully saturated rings. The molecule has 0 spiro atoms. The minimum Gasteiger partial charge on any atom is -0.457 e. The molecule has 0 saturated heterocycles. The van der Waals surface area contributed by atoms with Crippen molar-refractivity contribution in [1.29, 1.82) is 0 Å². The first-order valence-corrected chi connectivity index (χ1v) is 12.7. The van der Waals surface area contributed by atoms with E-state index in [1.54, 1.807) is 18.2 Å². The first-order valence-electron chi connectivity index (χ1n) is 11.2. The highest BCUT2D eigenvalue weighted by atomic mass is 31.2. The van der Waals surface area contributed by atoms with Gasteiger partial charge in [-0.25, -0.2) is 4.57 Å². The zero-order valence-electron chi connectivity index (χ0n) is 19.6. The van der Waals surface area contributed by atoms with Gasteiger partial charge in [-0.2, -0.15) is 13.2 Å². The largest absolute Gasteiger partial charge is 0.469 e. The topological polar surface area (TPSA) is 152 Å². The molecule has 0 aliphatic heterocycles. The maximum Gasteiger partial charge on any atom is 0.469 e. The highest BCUT2D eigenvalue weighted by Crippen LogP contribution is 2.37. The number of hydrogen-bond donors (Lipinski definition) is 4. The molecule has 4 rings (SSSR count). The Kier molecular flexibility index (Phi) is 7.67. The molecule has 9 nitrogen and oxygen atoms in total. The molecule has 0 radical (unpaired) electrons. The van der Waals surface area contributed by atoms with E-state index < -0.39 is 38.3 Å². The SMILES string of the molecule is NC(CO)(CCc1ccc2c(=O)c3ccc(Oc4cccc(C(F)(F)F)c4)cc3oc2c1)COP(=O)(O)O. The van der Waals surface area contributed by atoms with E-state index in [-0.39, 0.29) is 46.3 Å². The van der Waals surface area contributed by atoms with Gasteiger partial charge in [0.2, 0.25) is 5.43 Å². The molecule has 1 heterocycles. The average Bonchev–Trinajstić information content (AvgIpc) is 2.85. The molecule has 1 aromatic heterocycles. The minimum absolute atomic E-state index is 0.0403. The number of aryl methyl sites for hydroxylation is 1. The van der Waals surface area contributed by atoms with Gasteiger partial charge in [-0.1, -0.05) is 12.1 Å². The van der Waals surface area contributed by atoms with Gasteiger partial charge in [0, 0.05) is 6.07 Å². The number of hydrogen-bond acceptors (Lipinski definition) is 7. The lowest BCUT2D eigenvalue weighted by atomic mass is 9.93. The summed E-state index contributed by atoms with van der Waals surface area (Å²) in [6, 6.07) is 13.5. The Balaban J connectivity index is 1.60. The summed E-state index contributed by atoms with van der Waals surface area (Å²) < 4.78 is 65.9. The summed E-state index contributed by atoms with van der Waals surface area (Å²) in [5.41, 5.74) is 4.45. The third kappa shape index (κ3) is 6.60. The van der Waals surface area contributed by atoms with E-state index in [0.717, 1.165) is 12.1 Å². The van der Waals surface area contributed by atoms with Crippen LogP contribution >= 0.6 is 7.82 Å². The van der Waals surface area contributed by atoms with E-state index in [0.29, 0.717) is 10.9 Å². The van der Waals surface area contributed by atoms with E-state index in [2.05, 4.69) is 4.52 Å². The number of aliphatic hydroxyl groups is 1. The smallest absolute Gasteiger partial charge is 0.457 e. The predicted octanol–water partition coefficient (Wildman–Crippen LogP) is 4.49. The van der Waals surface area contributed by atoms with Crippen LogP contribution in [0, 0.1) is 0 Å². The van der Waals surface area contributed by atoms with Crippen LogP contribution in [-0.2, 0) is 21.7 Å². The minimum atomic E-state index is -4.77. The van der Waals surface area contributed by atoms with Crippen LogP contribution in [0.2, 0.25) is 0 Å². The summed E-state index contributed by atoms with van der Waals surface area (Å²) in [5.74, 6) is 0.123. The Hall–Kier alpha value is -3.25. The molecular weight excluding hydrogens is 530 g/mol. The van der Waals surface area contributed by atoms with Gasteiger partial charge in [-0.05, 0) is 60.9 Å².